The minimum Gasteiger partial charge on any atom is -0.443 e. The van der Waals surface area contributed by atoms with Crippen LogP contribution in [0.1, 0.15) is 50.1 Å². The van der Waals surface area contributed by atoms with Gasteiger partial charge in [-0.05, 0) is 51.8 Å². The highest BCUT2D eigenvalue weighted by atomic mass is 35.5. The number of aliphatic hydroxyl groups excluding tert-OH is 1. The summed E-state index contributed by atoms with van der Waals surface area (Å²) in [6.45, 7) is 3.87. The Kier molecular flexibility index (Phi) is 7.47. The molecule has 2 heterocycles. The predicted octanol–water partition coefficient (Wildman–Crippen LogP) is 5.22. The Morgan fingerprint density at radius 2 is 1.85 bits per heavy atom. The first-order valence-electron chi connectivity index (χ1n) is 12.0. The average Bonchev–Trinajstić information content (AvgIpc) is 3.39. The van der Waals surface area contributed by atoms with E-state index in [0.29, 0.717) is 20.8 Å². The van der Waals surface area contributed by atoms with Crippen molar-refractivity contribution in [2.45, 2.75) is 57.5 Å². The topological polar surface area (TPSA) is 103 Å². The van der Waals surface area contributed by atoms with Crippen molar-refractivity contribution in [1.82, 2.24) is 9.88 Å². The van der Waals surface area contributed by atoms with Gasteiger partial charge < -0.3 is 14.7 Å². The van der Waals surface area contributed by atoms with Gasteiger partial charge in [0.25, 0.3) is 5.91 Å². The van der Waals surface area contributed by atoms with Gasteiger partial charge in [0.05, 0.1) is 23.9 Å². The number of aliphatic hydroxyl groups is 1. The number of likely N-dealkylation sites (N-methyl/N-ethyl adjacent to an activating group) is 1. The maximum Gasteiger partial charge on any atom is 0.418 e. The van der Waals surface area contributed by atoms with Crippen LogP contribution in [0.3, 0.4) is 0 Å². The number of urea groups is 1. The zero-order valence-corrected chi connectivity index (χ0v) is 22.4. The summed E-state index contributed by atoms with van der Waals surface area (Å²) < 4.78 is 75.7. The number of aryl methyl sites for hydroxylation is 1. The number of ether oxygens (including phenoxy) is 1. The second kappa shape index (κ2) is 10.1. The fourth-order valence-electron chi connectivity index (χ4n) is 4.56. The van der Waals surface area contributed by atoms with Crippen molar-refractivity contribution >= 4 is 41.1 Å². The van der Waals surface area contributed by atoms with Gasteiger partial charge in [0, 0.05) is 18.3 Å². The van der Waals surface area contributed by atoms with Gasteiger partial charge in [-0.3, -0.25) is 9.69 Å². The van der Waals surface area contributed by atoms with Gasteiger partial charge in [-0.1, -0.05) is 11.6 Å². The minimum atomic E-state index is -4.95. The molecule has 1 aliphatic carbocycles. The fourth-order valence-corrected chi connectivity index (χ4v) is 4.72. The minimum absolute atomic E-state index is 0.0387. The van der Waals surface area contributed by atoms with E-state index in [1.165, 1.54) is 20.8 Å². The molecule has 2 aromatic rings. The normalized spacial score (nSPS) is 19.2. The molecular formula is C25H24ClF5N4O5. The van der Waals surface area contributed by atoms with Crippen LogP contribution < -0.4 is 9.80 Å². The molecular weight excluding hydrogens is 567 g/mol. The van der Waals surface area contributed by atoms with Crippen LogP contribution in [0.15, 0.2) is 18.2 Å². The molecule has 1 unspecified atom stereocenters. The number of imide groups is 1. The molecule has 1 fully saturated rings. The Morgan fingerprint density at radius 3 is 2.45 bits per heavy atom. The summed E-state index contributed by atoms with van der Waals surface area (Å²) in [5, 5.41) is 9.24. The summed E-state index contributed by atoms with van der Waals surface area (Å²) in [6.07, 6.45) is -7.64. The van der Waals surface area contributed by atoms with E-state index in [9.17, 15) is 41.4 Å². The number of hydrogen-bond donors (Lipinski definition) is 1. The molecule has 0 bridgehead atoms. The van der Waals surface area contributed by atoms with Gasteiger partial charge in [0.15, 0.2) is 5.82 Å². The van der Waals surface area contributed by atoms with Crippen LogP contribution in [-0.2, 0) is 22.1 Å². The first kappa shape index (κ1) is 29.5. The van der Waals surface area contributed by atoms with Crippen LogP contribution >= 0.6 is 11.6 Å². The molecule has 1 aromatic carbocycles. The summed E-state index contributed by atoms with van der Waals surface area (Å²) in [6, 6.07) is -0.667. The number of fused-ring (bicyclic) bond motifs is 1. The number of carbonyl (C=O) groups excluding carboxylic acids is 3. The van der Waals surface area contributed by atoms with E-state index in [1.54, 1.807) is 0 Å². The smallest absolute Gasteiger partial charge is 0.418 e. The molecule has 4 amide bonds. The van der Waals surface area contributed by atoms with Gasteiger partial charge in [0.1, 0.15) is 28.3 Å². The van der Waals surface area contributed by atoms with Gasteiger partial charge >= 0.3 is 18.3 Å². The Labute approximate surface area is 230 Å². The van der Waals surface area contributed by atoms with Crippen molar-refractivity contribution in [2.24, 2.45) is 0 Å². The number of alkyl halides is 3. The molecule has 2 atom stereocenters. The van der Waals surface area contributed by atoms with E-state index in [-0.39, 0.29) is 18.5 Å². The number of pyridine rings is 1. The number of anilines is 2. The van der Waals surface area contributed by atoms with Crippen molar-refractivity contribution < 1.29 is 46.2 Å². The number of hydrogen-bond acceptors (Lipinski definition) is 6. The lowest BCUT2D eigenvalue weighted by Crippen LogP contribution is -2.47. The molecule has 9 nitrogen and oxygen atoms in total. The molecule has 0 radical (unpaired) electrons. The largest absolute Gasteiger partial charge is 0.443 e. The monoisotopic (exact) mass is 590 g/mol. The lowest BCUT2D eigenvalue weighted by Gasteiger charge is -2.27. The highest BCUT2D eigenvalue weighted by molar-refractivity contribution is 6.31. The van der Waals surface area contributed by atoms with Crippen molar-refractivity contribution in [3.05, 3.63) is 51.7 Å². The van der Waals surface area contributed by atoms with E-state index in [0.717, 1.165) is 19.2 Å². The highest BCUT2D eigenvalue weighted by Crippen LogP contribution is 2.43. The number of aromatic nitrogens is 1. The number of benzene rings is 1. The molecule has 216 valence electrons. The maximum absolute atomic E-state index is 14.7. The molecule has 40 heavy (non-hydrogen) atoms. The zero-order valence-electron chi connectivity index (χ0n) is 21.6. The maximum atomic E-state index is 14.7. The standard InChI is InChI=1S/C25H24ClF5N4O5/c1-24(2,3)40-23(39)34-10-15(21(37)33(4)14-7-5-12(27)19(26)20(14)28)35(22(34)38)17-9-11(25(29,30)31)18-13(32-17)6-8-16(18)36/h5,7,9,15-16,36H,6,8,10H2,1-4H3/t15-,16?/m0/s1. The number of carbonyl (C=O) groups is 3. The molecule has 1 N–H and O–H groups in total. The number of halogens is 6. The average molecular weight is 591 g/mol. The molecule has 4 rings (SSSR count). The third-order valence-corrected chi connectivity index (χ3v) is 6.72. The van der Waals surface area contributed by atoms with E-state index >= 15 is 0 Å². The molecule has 0 saturated carbocycles. The summed E-state index contributed by atoms with van der Waals surface area (Å²) in [4.78, 5) is 45.8. The Hall–Kier alpha value is -3.52. The van der Waals surface area contributed by atoms with Crippen LogP contribution in [0.5, 0.6) is 0 Å². The van der Waals surface area contributed by atoms with Crippen molar-refractivity contribution in [1.29, 1.82) is 0 Å². The summed E-state index contributed by atoms with van der Waals surface area (Å²) in [5.74, 6) is -4.04. The molecule has 1 saturated heterocycles. The summed E-state index contributed by atoms with van der Waals surface area (Å²) in [5.41, 5.74) is -3.37. The highest BCUT2D eigenvalue weighted by Gasteiger charge is 2.50. The van der Waals surface area contributed by atoms with Gasteiger partial charge in [-0.25, -0.2) is 28.3 Å². The molecule has 1 aromatic heterocycles. The number of rotatable bonds is 3. The van der Waals surface area contributed by atoms with Crippen molar-refractivity contribution in [3.63, 3.8) is 0 Å². The summed E-state index contributed by atoms with van der Waals surface area (Å²) >= 11 is 5.63. The van der Waals surface area contributed by atoms with Crippen LogP contribution in [-0.4, -0.2) is 58.3 Å². The van der Waals surface area contributed by atoms with E-state index in [4.69, 9.17) is 16.3 Å². The van der Waals surface area contributed by atoms with Crippen LogP contribution in [0.2, 0.25) is 5.02 Å². The summed E-state index contributed by atoms with van der Waals surface area (Å²) in [7, 11) is 1.08. The van der Waals surface area contributed by atoms with Crippen LogP contribution in [0.25, 0.3) is 0 Å². The molecule has 1 aliphatic heterocycles. The second-order valence-corrected chi connectivity index (χ2v) is 10.7. The van der Waals surface area contributed by atoms with Crippen molar-refractivity contribution in [2.75, 3.05) is 23.4 Å². The van der Waals surface area contributed by atoms with Gasteiger partial charge in [0.2, 0.25) is 0 Å². The van der Waals surface area contributed by atoms with Gasteiger partial charge in [-0.15, -0.1) is 0 Å². The predicted molar refractivity (Wildman–Crippen MR) is 132 cm³/mol. The molecule has 2 aliphatic rings. The van der Waals surface area contributed by atoms with E-state index in [1.807, 2.05) is 0 Å². The number of nitrogens with zero attached hydrogens (tertiary/aromatic N) is 4. The first-order chi connectivity index (χ1) is 18.4. The lowest BCUT2D eigenvalue weighted by atomic mass is 10.0. The zero-order chi connectivity index (χ0) is 29.9. The third kappa shape index (κ3) is 5.29. The Bertz CT molecular complexity index is 1400. The van der Waals surface area contributed by atoms with Crippen molar-refractivity contribution in [3.8, 4) is 0 Å². The fraction of sp³-hybridized carbons (Fsp3) is 0.440. The first-order valence-corrected chi connectivity index (χ1v) is 12.3. The molecule has 0 spiro atoms. The van der Waals surface area contributed by atoms with Gasteiger partial charge in [-0.2, -0.15) is 13.2 Å². The number of amides is 4. The second-order valence-electron chi connectivity index (χ2n) is 10.3. The molecule has 15 heteroatoms. The SMILES string of the molecule is CN(C(=O)[C@@H]1CN(C(=O)OC(C)(C)C)C(=O)N1c1cc(C(F)(F)F)c2c(n1)CCC2O)c1ccc(F)c(Cl)c1F. The Balaban J connectivity index is 1.82. The van der Waals surface area contributed by atoms with E-state index < -0.39 is 87.8 Å². The van der Waals surface area contributed by atoms with E-state index in [2.05, 4.69) is 4.98 Å². The van der Waals surface area contributed by atoms with Crippen LogP contribution in [0, 0.1) is 11.6 Å². The van der Waals surface area contributed by atoms with Crippen LogP contribution in [0.4, 0.5) is 43.0 Å². The Morgan fingerprint density at radius 1 is 1.20 bits per heavy atom. The quantitative estimate of drug-likeness (QED) is 0.388. The third-order valence-electron chi connectivity index (χ3n) is 6.37. The lowest BCUT2D eigenvalue weighted by molar-refractivity contribution is -0.139.